The van der Waals surface area contributed by atoms with Crippen molar-refractivity contribution in [2.75, 3.05) is 13.2 Å². The topological polar surface area (TPSA) is 79.1 Å². The summed E-state index contributed by atoms with van der Waals surface area (Å²) in [6.07, 6.45) is 21.8. The first-order valence-corrected chi connectivity index (χ1v) is 15.4. The third-order valence-electron chi connectivity index (χ3n) is 9.73. The number of hydrogen-bond donors (Lipinski definition) is 2. The standard InChI is InChI=1S/C33H48ClNO4/c1-5-23-15-22(10-13-31(23)34)18-33(3,4)30-17-26(30)16-27(35-38)20-39-19-25-8-6-7-9-29(25)28-12-11-24(32(36)37)14-21(28)2/h6-10,12-14,22-27,29-32,36-37H,5,11,15-20H2,1-4H3/t22-,23?,24?,25?,26?,27?,29?,30?,31?/m1/s1. The highest BCUT2D eigenvalue weighted by molar-refractivity contribution is 6.22. The van der Waals surface area contributed by atoms with Crippen molar-refractivity contribution < 1.29 is 14.9 Å². The van der Waals surface area contributed by atoms with Gasteiger partial charge >= 0.3 is 0 Å². The number of hydrogen-bond acceptors (Lipinski definition) is 5. The smallest absolute Gasteiger partial charge is 0.158 e. The maximum atomic E-state index is 11.7. The molecule has 1 saturated carbocycles. The van der Waals surface area contributed by atoms with Crippen LogP contribution in [0.15, 0.2) is 64.9 Å². The molecule has 8 unspecified atom stereocenters. The summed E-state index contributed by atoms with van der Waals surface area (Å²) in [5.41, 5.74) is 2.54. The molecule has 0 amide bonds. The largest absolute Gasteiger partial charge is 0.378 e. The van der Waals surface area contributed by atoms with Gasteiger partial charge in [0, 0.05) is 17.8 Å². The normalized spacial score (nSPS) is 35.1. The van der Waals surface area contributed by atoms with E-state index in [1.54, 1.807) is 0 Å². The molecule has 0 aliphatic heterocycles. The highest BCUT2D eigenvalue weighted by Gasteiger charge is 2.48. The molecule has 0 spiro atoms. The van der Waals surface area contributed by atoms with Crippen LogP contribution in [0, 0.1) is 51.7 Å². The molecule has 2 N–H and O–H groups in total. The average molecular weight is 558 g/mol. The number of nitroso groups, excluding NO2 is 1. The average Bonchev–Trinajstić information content (AvgIpc) is 3.69. The Balaban J connectivity index is 1.24. The molecule has 0 aromatic heterocycles. The van der Waals surface area contributed by atoms with Gasteiger partial charge in [-0.1, -0.05) is 86.6 Å². The summed E-state index contributed by atoms with van der Waals surface area (Å²) in [6.45, 7) is 9.94. The van der Waals surface area contributed by atoms with Crippen molar-refractivity contribution in [3.8, 4) is 0 Å². The minimum atomic E-state index is -1.33. The molecule has 4 rings (SSSR count). The molecule has 216 valence electrons. The van der Waals surface area contributed by atoms with Gasteiger partial charge in [-0.05, 0) is 73.7 Å². The van der Waals surface area contributed by atoms with E-state index in [0.29, 0.717) is 43.3 Å². The predicted molar refractivity (Wildman–Crippen MR) is 159 cm³/mol. The maximum Gasteiger partial charge on any atom is 0.158 e. The summed E-state index contributed by atoms with van der Waals surface area (Å²) in [6, 6.07) is -0.309. The molecule has 0 aromatic rings. The van der Waals surface area contributed by atoms with Crippen LogP contribution in [0.1, 0.15) is 66.2 Å². The zero-order chi connectivity index (χ0) is 28.2. The van der Waals surface area contributed by atoms with E-state index in [0.717, 1.165) is 18.4 Å². The number of nitrogens with zero attached hydrogens (tertiary/aromatic N) is 1. The lowest BCUT2D eigenvalue weighted by atomic mass is 9.73. The Morgan fingerprint density at radius 2 is 1.90 bits per heavy atom. The minimum Gasteiger partial charge on any atom is -0.378 e. The van der Waals surface area contributed by atoms with Crippen LogP contribution < -0.4 is 0 Å². The first-order chi connectivity index (χ1) is 18.6. The number of allylic oxidation sites excluding steroid dienone is 8. The number of ether oxygens (including phenoxy) is 1. The molecule has 4 aliphatic carbocycles. The van der Waals surface area contributed by atoms with E-state index in [1.807, 2.05) is 13.0 Å². The highest BCUT2D eigenvalue weighted by atomic mass is 35.5. The summed E-state index contributed by atoms with van der Waals surface area (Å²) in [5.74, 6) is 2.43. The molecule has 9 atom stereocenters. The lowest BCUT2D eigenvalue weighted by molar-refractivity contribution is -0.0696. The molecule has 0 radical (unpaired) electrons. The lowest BCUT2D eigenvalue weighted by Gasteiger charge is -2.34. The van der Waals surface area contributed by atoms with Gasteiger partial charge in [-0.3, -0.25) is 0 Å². The third kappa shape index (κ3) is 7.81. The van der Waals surface area contributed by atoms with Crippen molar-refractivity contribution in [2.45, 2.75) is 83.9 Å². The van der Waals surface area contributed by atoms with Crippen molar-refractivity contribution in [2.24, 2.45) is 52.0 Å². The number of aliphatic hydroxyl groups excluding tert-OH is 1. The molecule has 5 nitrogen and oxygen atoms in total. The van der Waals surface area contributed by atoms with Crippen molar-refractivity contribution in [3.05, 3.63) is 64.7 Å². The monoisotopic (exact) mass is 557 g/mol. The molecule has 39 heavy (non-hydrogen) atoms. The van der Waals surface area contributed by atoms with Gasteiger partial charge in [-0.25, -0.2) is 0 Å². The van der Waals surface area contributed by atoms with Crippen LogP contribution in [0.5, 0.6) is 0 Å². The Hall–Kier alpha value is -1.53. The third-order valence-corrected chi connectivity index (χ3v) is 10.2. The van der Waals surface area contributed by atoms with Crippen molar-refractivity contribution in [1.29, 1.82) is 0 Å². The molecule has 1 fully saturated rings. The van der Waals surface area contributed by atoms with E-state index in [4.69, 9.17) is 16.3 Å². The Bertz CT molecular complexity index is 996. The molecule has 4 aliphatic rings. The second-order valence-electron chi connectivity index (χ2n) is 13.1. The molecule has 0 aromatic carbocycles. The number of aliphatic hydroxyl groups is 2. The quantitative estimate of drug-likeness (QED) is 0.107. The van der Waals surface area contributed by atoms with Crippen LogP contribution in [-0.2, 0) is 4.74 Å². The van der Waals surface area contributed by atoms with Gasteiger partial charge in [0.15, 0.2) is 6.29 Å². The second-order valence-corrected chi connectivity index (χ2v) is 13.6. The summed E-state index contributed by atoms with van der Waals surface area (Å²) < 4.78 is 6.12. The van der Waals surface area contributed by atoms with Gasteiger partial charge < -0.3 is 14.9 Å². The molecular formula is C33H48ClNO4. The maximum absolute atomic E-state index is 11.7. The first kappa shape index (κ1) is 30.4. The predicted octanol–water partition coefficient (Wildman–Crippen LogP) is 7.35. The fourth-order valence-corrected chi connectivity index (χ4v) is 7.71. The Kier molecular flexibility index (Phi) is 10.5. The van der Waals surface area contributed by atoms with E-state index in [2.05, 4.69) is 68.5 Å². The van der Waals surface area contributed by atoms with Crippen LogP contribution >= 0.6 is 11.6 Å². The van der Waals surface area contributed by atoms with Crippen LogP contribution in [-0.4, -0.2) is 41.1 Å². The summed E-state index contributed by atoms with van der Waals surface area (Å²) >= 11 is 6.48. The Morgan fingerprint density at radius 3 is 2.59 bits per heavy atom. The van der Waals surface area contributed by atoms with Crippen LogP contribution in [0.4, 0.5) is 0 Å². The molecule has 0 saturated heterocycles. The SMILES string of the molecule is CCC1C[C@H](CC(C)(C)C2CC2CC(COCC2C=CC=CC2C2=CCC(C(O)O)C=C2C)N=O)C=CC1Cl. The van der Waals surface area contributed by atoms with Gasteiger partial charge in [0.1, 0.15) is 6.04 Å². The Labute approximate surface area is 240 Å². The summed E-state index contributed by atoms with van der Waals surface area (Å²) in [7, 11) is 0. The fourth-order valence-electron chi connectivity index (χ4n) is 7.35. The fraction of sp³-hybridized carbons (Fsp3) is 0.697. The zero-order valence-electron chi connectivity index (χ0n) is 24.1. The van der Waals surface area contributed by atoms with Crippen molar-refractivity contribution in [3.63, 3.8) is 0 Å². The van der Waals surface area contributed by atoms with E-state index < -0.39 is 6.29 Å². The van der Waals surface area contributed by atoms with Gasteiger partial charge in [-0.2, -0.15) is 4.91 Å². The van der Waals surface area contributed by atoms with Crippen LogP contribution in [0.3, 0.4) is 0 Å². The van der Waals surface area contributed by atoms with Crippen LogP contribution in [0.2, 0.25) is 0 Å². The molecule has 0 bridgehead atoms. The van der Waals surface area contributed by atoms with Gasteiger partial charge in [0.05, 0.1) is 18.6 Å². The van der Waals surface area contributed by atoms with Gasteiger partial charge in [0.2, 0.25) is 0 Å². The second kappa shape index (κ2) is 13.4. The van der Waals surface area contributed by atoms with Crippen molar-refractivity contribution in [1.82, 2.24) is 0 Å². The number of alkyl halides is 1. The molecule has 0 heterocycles. The van der Waals surface area contributed by atoms with E-state index in [1.165, 1.54) is 24.8 Å². The number of halogens is 1. The van der Waals surface area contributed by atoms with Crippen molar-refractivity contribution >= 4 is 11.6 Å². The van der Waals surface area contributed by atoms with E-state index in [-0.39, 0.29) is 34.6 Å². The van der Waals surface area contributed by atoms with Crippen LogP contribution in [0.25, 0.3) is 0 Å². The number of rotatable bonds is 13. The first-order valence-electron chi connectivity index (χ1n) is 15.0. The summed E-state index contributed by atoms with van der Waals surface area (Å²) in [5, 5.41) is 22.7. The van der Waals surface area contributed by atoms with Gasteiger partial charge in [0.25, 0.3) is 0 Å². The molecule has 6 heteroatoms. The Morgan fingerprint density at radius 1 is 1.13 bits per heavy atom. The van der Waals surface area contributed by atoms with E-state index in [9.17, 15) is 15.1 Å². The van der Waals surface area contributed by atoms with Gasteiger partial charge in [-0.15, -0.1) is 11.6 Å². The highest BCUT2D eigenvalue weighted by Crippen LogP contribution is 2.56. The van der Waals surface area contributed by atoms with E-state index >= 15 is 0 Å². The zero-order valence-corrected chi connectivity index (χ0v) is 24.8. The lowest BCUT2D eigenvalue weighted by Crippen LogP contribution is -2.27. The molecular weight excluding hydrogens is 510 g/mol. The summed E-state index contributed by atoms with van der Waals surface area (Å²) in [4.78, 5) is 11.7. The minimum absolute atomic E-state index is 0.170.